The van der Waals surface area contributed by atoms with Crippen molar-refractivity contribution in [2.45, 2.75) is 50.5 Å². The van der Waals surface area contributed by atoms with Gasteiger partial charge in [0.05, 0.1) is 0 Å². The van der Waals surface area contributed by atoms with Gasteiger partial charge in [0.25, 0.3) is 0 Å². The Bertz CT molecular complexity index is 431. The molecular formula is C20H33N3. The van der Waals surface area contributed by atoms with Gasteiger partial charge in [-0.25, -0.2) is 0 Å². The van der Waals surface area contributed by atoms with Crippen molar-refractivity contribution in [3.05, 3.63) is 35.9 Å². The van der Waals surface area contributed by atoms with Crippen LogP contribution >= 0.6 is 0 Å². The lowest BCUT2D eigenvalue weighted by Crippen LogP contribution is -2.64. The normalized spacial score (nSPS) is 21.6. The van der Waals surface area contributed by atoms with Gasteiger partial charge in [-0.05, 0) is 57.3 Å². The predicted octanol–water partition coefficient (Wildman–Crippen LogP) is 2.82. The molecule has 3 heteroatoms. The average Bonchev–Trinajstić information content (AvgIpc) is 2.61. The first kappa shape index (κ1) is 16.9. The molecule has 0 bridgehead atoms. The molecule has 2 saturated heterocycles. The van der Waals surface area contributed by atoms with E-state index in [1.54, 1.807) is 0 Å². The number of piperidine rings is 1. The molecule has 1 spiro atoms. The number of hydrogen-bond acceptors (Lipinski definition) is 3. The zero-order valence-corrected chi connectivity index (χ0v) is 14.5. The fourth-order valence-electron chi connectivity index (χ4n) is 4.25. The molecule has 0 amide bonds. The molecular weight excluding hydrogens is 282 g/mol. The fourth-order valence-corrected chi connectivity index (χ4v) is 4.25. The molecule has 0 saturated carbocycles. The quantitative estimate of drug-likeness (QED) is 0.758. The summed E-state index contributed by atoms with van der Waals surface area (Å²) in [5.74, 6) is 0. The molecule has 2 N–H and O–H groups in total. The van der Waals surface area contributed by atoms with E-state index < -0.39 is 0 Å². The zero-order chi connectivity index (χ0) is 15.8. The molecule has 0 atom stereocenters. The van der Waals surface area contributed by atoms with Gasteiger partial charge in [0.1, 0.15) is 0 Å². The monoisotopic (exact) mass is 315 g/mol. The van der Waals surface area contributed by atoms with Crippen LogP contribution in [0.4, 0.5) is 0 Å². The topological polar surface area (TPSA) is 27.3 Å². The highest BCUT2D eigenvalue weighted by atomic mass is 15.3. The number of unbranched alkanes of at least 4 members (excludes halogenated alkanes) is 3. The third-order valence-corrected chi connectivity index (χ3v) is 5.70. The molecule has 1 aromatic carbocycles. The number of nitrogens with zero attached hydrogens (tertiary/aromatic N) is 1. The predicted molar refractivity (Wildman–Crippen MR) is 97.9 cm³/mol. The Labute approximate surface area is 141 Å². The van der Waals surface area contributed by atoms with Crippen molar-refractivity contribution in [2.24, 2.45) is 0 Å². The van der Waals surface area contributed by atoms with Crippen molar-refractivity contribution in [2.75, 3.05) is 39.3 Å². The van der Waals surface area contributed by atoms with Crippen LogP contribution in [0.3, 0.4) is 0 Å². The van der Waals surface area contributed by atoms with Gasteiger partial charge in [-0.1, -0.05) is 43.2 Å². The molecule has 1 aromatic rings. The van der Waals surface area contributed by atoms with Crippen LogP contribution in [0.15, 0.2) is 30.3 Å². The SMILES string of the molecule is c1ccc(CCCCCCN2CCNCC23CCNCC3)cc1. The zero-order valence-electron chi connectivity index (χ0n) is 14.5. The maximum Gasteiger partial charge on any atom is 0.0358 e. The lowest BCUT2D eigenvalue weighted by molar-refractivity contribution is 0.0318. The van der Waals surface area contributed by atoms with E-state index >= 15 is 0 Å². The summed E-state index contributed by atoms with van der Waals surface area (Å²) in [6, 6.07) is 10.9. The highest BCUT2D eigenvalue weighted by Gasteiger charge is 2.39. The standard InChI is InChI=1S/C20H33N3/c1(4-8-19-9-5-3-6-10-19)2-7-16-23-17-15-22-18-20(23)11-13-21-14-12-20/h3,5-6,9-10,21-22H,1-2,4,7-8,11-18H2. The number of piperazine rings is 1. The van der Waals surface area contributed by atoms with Gasteiger partial charge in [0, 0.05) is 25.2 Å². The van der Waals surface area contributed by atoms with Gasteiger partial charge >= 0.3 is 0 Å². The summed E-state index contributed by atoms with van der Waals surface area (Å²) >= 11 is 0. The number of benzene rings is 1. The van der Waals surface area contributed by atoms with Gasteiger partial charge in [-0.2, -0.15) is 0 Å². The summed E-state index contributed by atoms with van der Waals surface area (Å²) in [5, 5.41) is 7.16. The molecule has 128 valence electrons. The molecule has 3 nitrogen and oxygen atoms in total. The molecule has 0 aromatic heterocycles. The smallest absolute Gasteiger partial charge is 0.0358 e. The molecule has 2 fully saturated rings. The van der Waals surface area contributed by atoms with E-state index in [0.717, 1.165) is 0 Å². The summed E-state index contributed by atoms with van der Waals surface area (Å²) in [6.45, 7) is 7.29. The number of rotatable bonds is 7. The molecule has 0 unspecified atom stereocenters. The Morgan fingerprint density at radius 3 is 2.48 bits per heavy atom. The van der Waals surface area contributed by atoms with E-state index in [1.165, 1.54) is 89.8 Å². The van der Waals surface area contributed by atoms with Gasteiger partial charge in [0.2, 0.25) is 0 Å². The minimum atomic E-state index is 0.452. The minimum absolute atomic E-state index is 0.452. The fraction of sp³-hybridized carbons (Fsp3) is 0.700. The van der Waals surface area contributed by atoms with Crippen molar-refractivity contribution in [3.63, 3.8) is 0 Å². The van der Waals surface area contributed by atoms with Gasteiger partial charge in [-0.15, -0.1) is 0 Å². The molecule has 23 heavy (non-hydrogen) atoms. The lowest BCUT2D eigenvalue weighted by Gasteiger charge is -2.50. The van der Waals surface area contributed by atoms with Crippen LogP contribution in [-0.2, 0) is 6.42 Å². The Balaban J connectivity index is 1.34. The van der Waals surface area contributed by atoms with Crippen molar-refractivity contribution in [1.29, 1.82) is 0 Å². The highest BCUT2D eigenvalue weighted by Crippen LogP contribution is 2.28. The molecule has 0 radical (unpaired) electrons. The van der Waals surface area contributed by atoms with Crippen LogP contribution < -0.4 is 10.6 Å². The third kappa shape index (κ3) is 4.79. The van der Waals surface area contributed by atoms with E-state index in [-0.39, 0.29) is 0 Å². The van der Waals surface area contributed by atoms with Crippen LogP contribution in [0.2, 0.25) is 0 Å². The average molecular weight is 316 g/mol. The molecule has 2 heterocycles. The van der Waals surface area contributed by atoms with E-state index in [9.17, 15) is 0 Å². The molecule has 2 aliphatic heterocycles. The maximum atomic E-state index is 3.63. The number of aryl methyl sites for hydroxylation is 1. The summed E-state index contributed by atoms with van der Waals surface area (Å²) in [7, 11) is 0. The first-order chi connectivity index (χ1) is 11.4. The van der Waals surface area contributed by atoms with Crippen molar-refractivity contribution in [1.82, 2.24) is 15.5 Å². The van der Waals surface area contributed by atoms with E-state index in [0.29, 0.717) is 5.54 Å². The Morgan fingerprint density at radius 2 is 1.65 bits per heavy atom. The van der Waals surface area contributed by atoms with Crippen LogP contribution in [0.5, 0.6) is 0 Å². The van der Waals surface area contributed by atoms with E-state index in [2.05, 4.69) is 45.9 Å². The summed E-state index contributed by atoms with van der Waals surface area (Å²) < 4.78 is 0. The first-order valence-corrected chi connectivity index (χ1v) is 9.60. The molecule has 0 aliphatic carbocycles. The van der Waals surface area contributed by atoms with E-state index in [4.69, 9.17) is 0 Å². The Morgan fingerprint density at radius 1 is 0.870 bits per heavy atom. The van der Waals surface area contributed by atoms with Crippen LogP contribution in [-0.4, -0.2) is 49.7 Å². The second-order valence-electron chi connectivity index (χ2n) is 7.29. The Kier molecular flexibility index (Phi) is 6.49. The highest BCUT2D eigenvalue weighted by molar-refractivity contribution is 5.14. The van der Waals surface area contributed by atoms with Gasteiger partial charge in [0.15, 0.2) is 0 Å². The second-order valence-corrected chi connectivity index (χ2v) is 7.29. The first-order valence-electron chi connectivity index (χ1n) is 9.60. The summed E-state index contributed by atoms with van der Waals surface area (Å²) in [4.78, 5) is 2.81. The second kappa shape index (κ2) is 8.81. The van der Waals surface area contributed by atoms with Crippen molar-refractivity contribution < 1.29 is 0 Å². The van der Waals surface area contributed by atoms with Gasteiger partial charge in [-0.3, -0.25) is 4.90 Å². The van der Waals surface area contributed by atoms with Crippen LogP contribution in [0.25, 0.3) is 0 Å². The molecule has 3 rings (SSSR count). The van der Waals surface area contributed by atoms with Crippen molar-refractivity contribution >= 4 is 0 Å². The lowest BCUT2D eigenvalue weighted by atomic mass is 9.84. The van der Waals surface area contributed by atoms with Gasteiger partial charge < -0.3 is 10.6 Å². The number of nitrogens with one attached hydrogen (secondary N) is 2. The largest absolute Gasteiger partial charge is 0.317 e. The Hall–Kier alpha value is -0.900. The van der Waals surface area contributed by atoms with E-state index in [1.807, 2.05) is 0 Å². The van der Waals surface area contributed by atoms with Crippen LogP contribution in [0, 0.1) is 0 Å². The molecule has 2 aliphatic rings. The minimum Gasteiger partial charge on any atom is -0.317 e. The number of hydrogen-bond donors (Lipinski definition) is 2. The summed E-state index contributed by atoms with van der Waals surface area (Å²) in [5.41, 5.74) is 1.94. The van der Waals surface area contributed by atoms with Crippen molar-refractivity contribution in [3.8, 4) is 0 Å². The van der Waals surface area contributed by atoms with Crippen LogP contribution in [0.1, 0.15) is 44.1 Å². The summed E-state index contributed by atoms with van der Waals surface area (Å²) in [6.07, 6.45) is 9.32. The third-order valence-electron chi connectivity index (χ3n) is 5.70. The maximum absolute atomic E-state index is 3.63.